The van der Waals surface area contributed by atoms with Crippen molar-refractivity contribution in [1.82, 2.24) is 4.57 Å². The minimum absolute atomic E-state index is 0.0235. The van der Waals surface area contributed by atoms with E-state index in [4.69, 9.17) is 24.4 Å². The van der Waals surface area contributed by atoms with Crippen LogP contribution >= 0.6 is 0 Å². The fourth-order valence-corrected chi connectivity index (χ4v) is 2.18. The van der Waals surface area contributed by atoms with Crippen LogP contribution in [0.25, 0.3) is 11.1 Å². The summed E-state index contributed by atoms with van der Waals surface area (Å²) in [6.07, 6.45) is 1.58. The number of hydrogen-bond donors (Lipinski definition) is 1. The first-order valence-electron chi connectivity index (χ1n) is 8.19. The van der Waals surface area contributed by atoms with E-state index in [0.29, 0.717) is 43.6 Å². The number of fused-ring (bicyclic) bond motifs is 1. The highest BCUT2D eigenvalue weighted by Gasteiger charge is 2.18. The van der Waals surface area contributed by atoms with Gasteiger partial charge in [0, 0.05) is 18.2 Å². The third-order valence-corrected chi connectivity index (χ3v) is 3.77. The molecule has 7 nitrogen and oxygen atoms in total. The van der Waals surface area contributed by atoms with Crippen molar-refractivity contribution in [2.24, 2.45) is 11.7 Å². The predicted molar refractivity (Wildman–Crippen MR) is 89.7 cm³/mol. The van der Waals surface area contributed by atoms with Crippen molar-refractivity contribution in [2.75, 3.05) is 26.4 Å². The van der Waals surface area contributed by atoms with Gasteiger partial charge in [0.1, 0.15) is 12.4 Å². The van der Waals surface area contributed by atoms with E-state index in [1.54, 1.807) is 29.9 Å². The number of ether oxygens (including phenoxy) is 3. The zero-order valence-corrected chi connectivity index (χ0v) is 14.5. The van der Waals surface area contributed by atoms with E-state index in [9.17, 15) is 4.79 Å². The maximum absolute atomic E-state index is 12.0. The zero-order valence-electron chi connectivity index (χ0n) is 14.5. The number of nitrogens with zero attached hydrogens (tertiary/aromatic N) is 1. The lowest BCUT2D eigenvalue weighted by molar-refractivity contribution is 0.0122. The Bertz CT molecular complexity index is 646. The predicted octanol–water partition coefficient (Wildman–Crippen LogP) is 2.39. The van der Waals surface area contributed by atoms with Gasteiger partial charge in [-0.3, -0.25) is 0 Å². The highest BCUT2D eigenvalue weighted by Crippen LogP contribution is 2.21. The minimum Gasteiger partial charge on any atom is -0.463 e. The number of nitrogens with two attached hydrogens (primary N) is 1. The van der Waals surface area contributed by atoms with Gasteiger partial charge in [-0.05, 0) is 12.8 Å². The van der Waals surface area contributed by atoms with Crippen LogP contribution in [-0.4, -0.2) is 43.0 Å². The number of aromatic nitrogens is 1. The van der Waals surface area contributed by atoms with Crippen LogP contribution in [-0.2, 0) is 20.9 Å². The molecule has 0 bridgehead atoms. The number of carbonyl (C=O) groups is 1. The van der Waals surface area contributed by atoms with Gasteiger partial charge in [-0.2, -0.15) is 0 Å². The summed E-state index contributed by atoms with van der Waals surface area (Å²) in [6, 6.07) is 3.48. The van der Waals surface area contributed by atoms with E-state index in [1.807, 2.05) is 0 Å². The van der Waals surface area contributed by atoms with Crippen molar-refractivity contribution < 1.29 is 23.4 Å². The third-order valence-electron chi connectivity index (χ3n) is 3.77. The fourth-order valence-electron chi connectivity index (χ4n) is 2.18. The Labute approximate surface area is 141 Å². The summed E-state index contributed by atoms with van der Waals surface area (Å²) < 4.78 is 23.2. The summed E-state index contributed by atoms with van der Waals surface area (Å²) in [4.78, 5) is 12.0. The minimum atomic E-state index is -0.397. The number of hydrogen-bond acceptors (Lipinski definition) is 6. The van der Waals surface area contributed by atoms with E-state index in [2.05, 4.69) is 13.8 Å². The number of rotatable bonds is 10. The van der Waals surface area contributed by atoms with Crippen LogP contribution in [0.15, 0.2) is 22.8 Å². The molecule has 0 aliphatic carbocycles. The monoisotopic (exact) mass is 338 g/mol. The SMILES string of the molecule is CCOC(=O)c1cc2occc2n1COCCOCC(N)C(C)C. The molecule has 0 fully saturated rings. The van der Waals surface area contributed by atoms with Gasteiger partial charge in [0.15, 0.2) is 5.58 Å². The molecule has 0 aliphatic rings. The molecule has 0 amide bonds. The smallest absolute Gasteiger partial charge is 0.355 e. The van der Waals surface area contributed by atoms with Gasteiger partial charge < -0.3 is 28.9 Å². The quantitative estimate of drug-likeness (QED) is 0.528. The van der Waals surface area contributed by atoms with E-state index >= 15 is 0 Å². The maximum Gasteiger partial charge on any atom is 0.355 e. The van der Waals surface area contributed by atoms with Crippen molar-refractivity contribution in [3.63, 3.8) is 0 Å². The van der Waals surface area contributed by atoms with Gasteiger partial charge in [0.2, 0.25) is 0 Å². The lowest BCUT2D eigenvalue weighted by atomic mass is 10.1. The molecule has 0 aliphatic heterocycles. The number of carbonyl (C=O) groups excluding carboxylic acids is 1. The van der Waals surface area contributed by atoms with E-state index in [0.717, 1.165) is 5.52 Å². The number of esters is 1. The Morgan fingerprint density at radius 1 is 1.33 bits per heavy atom. The largest absolute Gasteiger partial charge is 0.463 e. The van der Waals surface area contributed by atoms with Gasteiger partial charge in [0.05, 0.1) is 38.2 Å². The van der Waals surface area contributed by atoms with Crippen LogP contribution in [0.4, 0.5) is 0 Å². The molecule has 0 aromatic carbocycles. The lowest BCUT2D eigenvalue weighted by Gasteiger charge is -2.15. The Morgan fingerprint density at radius 2 is 2.08 bits per heavy atom. The van der Waals surface area contributed by atoms with Crippen molar-refractivity contribution in [1.29, 1.82) is 0 Å². The molecule has 0 radical (unpaired) electrons. The molecule has 134 valence electrons. The van der Waals surface area contributed by atoms with Gasteiger partial charge >= 0.3 is 5.97 Å². The standard InChI is InChI=1S/C17H26N2O5/c1-4-23-17(20)15-9-16-14(5-6-24-16)19(15)11-22-8-7-21-10-13(18)12(2)3/h5-6,9,12-13H,4,7-8,10-11,18H2,1-3H3. The summed E-state index contributed by atoms with van der Waals surface area (Å²) in [6.45, 7) is 7.78. The van der Waals surface area contributed by atoms with Gasteiger partial charge in [0.25, 0.3) is 0 Å². The first kappa shape index (κ1) is 18.5. The molecule has 2 heterocycles. The van der Waals surface area contributed by atoms with E-state index in [-0.39, 0.29) is 12.8 Å². The number of furan rings is 1. The molecule has 2 N–H and O–H groups in total. The summed E-state index contributed by atoms with van der Waals surface area (Å²) in [5.74, 6) is -0.0149. The second kappa shape index (κ2) is 8.86. The molecule has 0 saturated carbocycles. The molecule has 7 heteroatoms. The zero-order chi connectivity index (χ0) is 17.5. The highest BCUT2D eigenvalue weighted by atomic mass is 16.5. The highest BCUT2D eigenvalue weighted by molar-refractivity contribution is 5.93. The average Bonchev–Trinajstić information content (AvgIpc) is 3.12. The molecule has 0 spiro atoms. The topological polar surface area (TPSA) is 88.8 Å². The molecule has 1 unspecified atom stereocenters. The molecule has 1 atom stereocenters. The molecular formula is C17H26N2O5. The second-order valence-electron chi connectivity index (χ2n) is 5.87. The normalized spacial score (nSPS) is 12.9. The van der Waals surface area contributed by atoms with Crippen molar-refractivity contribution >= 4 is 17.1 Å². The van der Waals surface area contributed by atoms with Crippen molar-refractivity contribution in [3.8, 4) is 0 Å². The Balaban J connectivity index is 1.86. The maximum atomic E-state index is 12.0. The first-order chi connectivity index (χ1) is 11.5. The first-order valence-corrected chi connectivity index (χ1v) is 8.19. The average molecular weight is 338 g/mol. The lowest BCUT2D eigenvalue weighted by Crippen LogP contribution is -2.32. The van der Waals surface area contributed by atoms with E-state index in [1.165, 1.54) is 0 Å². The van der Waals surface area contributed by atoms with Crippen molar-refractivity contribution in [2.45, 2.75) is 33.5 Å². The van der Waals surface area contributed by atoms with Crippen LogP contribution in [0.1, 0.15) is 31.3 Å². The van der Waals surface area contributed by atoms with Crippen LogP contribution in [0.5, 0.6) is 0 Å². The Hall–Kier alpha value is -1.83. The van der Waals surface area contributed by atoms with Crippen molar-refractivity contribution in [3.05, 3.63) is 24.1 Å². The van der Waals surface area contributed by atoms with Gasteiger partial charge in [-0.25, -0.2) is 4.79 Å². The van der Waals surface area contributed by atoms with Crippen LogP contribution in [0.3, 0.4) is 0 Å². The summed E-state index contributed by atoms with van der Waals surface area (Å²) >= 11 is 0. The van der Waals surface area contributed by atoms with Crippen LogP contribution in [0.2, 0.25) is 0 Å². The molecular weight excluding hydrogens is 312 g/mol. The fraction of sp³-hybridized carbons (Fsp3) is 0.588. The summed E-state index contributed by atoms with van der Waals surface area (Å²) in [5, 5.41) is 0. The molecule has 2 aromatic heterocycles. The van der Waals surface area contributed by atoms with E-state index < -0.39 is 5.97 Å². The molecule has 2 aromatic rings. The van der Waals surface area contributed by atoms with Crippen LogP contribution in [0, 0.1) is 5.92 Å². The molecule has 0 saturated heterocycles. The molecule has 24 heavy (non-hydrogen) atoms. The van der Waals surface area contributed by atoms with Gasteiger partial charge in [-0.15, -0.1) is 0 Å². The summed E-state index contributed by atoms with van der Waals surface area (Å²) in [7, 11) is 0. The Morgan fingerprint density at radius 3 is 2.79 bits per heavy atom. The summed E-state index contributed by atoms with van der Waals surface area (Å²) in [5.41, 5.74) is 7.74. The Kier molecular flexibility index (Phi) is 6.84. The van der Waals surface area contributed by atoms with Crippen LogP contribution < -0.4 is 5.73 Å². The second-order valence-corrected chi connectivity index (χ2v) is 5.87. The van der Waals surface area contributed by atoms with Gasteiger partial charge in [-0.1, -0.05) is 13.8 Å². The molecule has 2 rings (SSSR count). The third kappa shape index (κ3) is 4.59.